The topological polar surface area (TPSA) is 107 Å². The van der Waals surface area contributed by atoms with Crippen LogP contribution in [0.3, 0.4) is 0 Å². The van der Waals surface area contributed by atoms with E-state index in [4.69, 9.17) is 0 Å². The van der Waals surface area contributed by atoms with Crippen molar-refractivity contribution in [2.24, 2.45) is 0 Å². The first kappa shape index (κ1) is 24.5. The number of aliphatic hydroxyl groups excluding tert-OH is 2. The van der Waals surface area contributed by atoms with Crippen molar-refractivity contribution in [2.75, 3.05) is 6.54 Å². The molecule has 0 saturated heterocycles. The number of nitrogens with one attached hydrogen (secondary N) is 2. The van der Waals surface area contributed by atoms with Crippen molar-refractivity contribution in [1.82, 2.24) is 15.2 Å². The number of nitrogens with zero attached hydrogens (tertiary/aromatic N) is 1. The molecule has 0 spiro atoms. The van der Waals surface area contributed by atoms with Crippen LogP contribution in [0.25, 0.3) is 10.9 Å². The zero-order chi connectivity index (χ0) is 24.8. The number of aromatic nitrogens is 1. The molecule has 0 aliphatic heterocycles. The Morgan fingerprint density at radius 2 is 1.74 bits per heavy atom. The van der Waals surface area contributed by atoms with Crippen LogP contribution in [0.5, 0.6) is 5.75 Å². The zero-order valence-electron chi connectivity index (χ0n) is 19.7. The van der Waals surface area contributed by atoms with Gasteiger partial charge in [0.05, 0.1) is 12.7 Å². The molecule has 182 valence electrons. The van der Waals surface area contributed by atoms with Crippen molar-refractivity contribution < 1.29 is 20.1 Å². The lowest BCUT2D eigenvalue weighted by molar-refractivity contribution is 0.0941. The monoisotopic (exact) mass is 473 g/mol. The van der Waals surface area contributed by atoms with Crippen LogP contribution in [0, 0.1) is 0 Å². The number of carbonyl (C=O) groups is 1. The van der Waals surface area contributed by atoms with Gasteiger partial charge in [-0.1, -0.05) is 54.6 Å². The van der Waals surface area contributed by atoms with Crippen LogP contribution >= 0.6 is 0 Å². The van der Waals surface area contributed by atoms with Gasteiger partial charge < -0.3 is 30.5 Å². The molecular formula is C28H31N3O4. The molecule has 1 heterocycles. The minimum Gasteiger partial charge on any atom is -0.508 e. The summed E-state index contributed by atoms with van der Waals surface area (Å²) in [5.74, 6) is -0.139. The van der Waals surface area contributed by atoms with Crippen molar-refractivity contribution in [3.63, 3.8) is 0 Å². The second-order valence-electron chi connectivity index (χ2n) is 8.74. The molecule has 1 aromatic heterocycles. The largest absolute Gasteiger partial charge is 0.508 e. The van der Waals surface area contributed by atoms with Gasteiger partial charge >= 0.3 is 0 Å². The summed E-state index contributed by atoms with van der Waals surface area (Å²) in [4.78, 5) is 13.1. The normalized spacial score (nSPS) is 13.0. The fourth-order valence-corrected chi connectivity index (χ4v) is 4.17. The Morgan fingerprint density at radius 1 is 1.00 bits per heavy atom. The highest BCUT2D eigenvalue weighted by Gasteiger charge is 2.18. The third-order valence-electron chi connectivity index (χ3n) is 6.11. The van der Waals surface area contributed by atoms with Crippen LogP contribution in [-0.4, -0.2) is 38.4 Å². The first-order chi connectivity index (χ1) is 17.0. The summed E-state index contributed by atoms with van der Waals surface area (Å²) in [6.45, 7) is 2.97. The van der Waals surface area contributed by atoms with Gasteiger partial charge in [-0.15, -0.1) is 0 Å². The number of hydrogen-bond acceptors (Lipinski definition) is 5. The van der Waals surface area contributed by atoms with Crippen LogP contribution in [0.15, 0.2) is 78.9 Å². The molecule has 7 nitrogen and oxygen atoms in total. The first-order valence-electron chi connectivity index (χ1n) is 11.7. The lowest BCUT2D eigenvalue weighted by atomic mass is 10.1. The Bertz CT molecular complexity index is 1290. The van der Waals surface area contributed by atoms with Crippen molar-refractivity contribution in [3.05, 3.63) is 101 Å². The molecule has 1 amide bonds. The Kier molecular flexibility index (Phi) is 7.82. The molecule has 3 aromatic carbocycles. The number of rotatable bonds is 10. The van der Waals surface area contributed by atoms with E-state index in [1.807, 2.05) is 72.2 Å². The highest BCUT2D eigenvalue weighted by molar-refractivity contribution is 5.98. The average molecular weight is 474 g/mol. The van der Waals surface area contributed by atoms with Crippen molar-refractivity contribution in [1.29, 1.82) is 0 Å². The number of aliphatic hydroxyl groups is 2. The van der Waals surface area contributed by atoms with Crippen molar-refractivity contribution in [2.45, 2.75) is 38.8 Å². The highest BCUT2D eigenvalue weighted by Crippen LogP contribution is 2.23. The Morgan fingerprint density at radius 3 is 2.51 bits per heavy atom. The van der Waals surface area contributed by atoms with Crippen molar-refractivity contribution in [3.8, 4) is 5.75 Å². The van der Waals surface area contributed by atoms with Gasteiger partial charge in [0.2, 0.25) is 0 Å². The minimum atomic E-state index is -0.807. The predicted octanol–water partition coefficient (Wildman–Crippen LogP) is 3.48. The second kappa shape index (κ2) is 11.2. The standard InChI is InChI=1S/C28H31N3O4/c1-19(29-16-27(34)22-11-12-26(33)23(13-22)18-32)17-31-24-10-6-5-9-21(24)14-25(31)28(35)30-15-20-7-3-2-4-8-20/h2-14,19,27,29,32-34H,15-18H2,1H3,(H,30,35)/t19-,27+/m1/s1. The van der Waals surface area contributed by atoms with Gasteiger partial charge in [0.1, 0.15) is 11.4 Å². The summed E-state index contributed by atoms with van der Waals surface area (Å²) in [5.41, 5.74) is 3.57. The second-order valence-corrected chi connectivity index (χ2v) is 8.74. The third-order valence-corrected chi connectivity index (χ3v) is 6.11. The number of phenols is 1. The summed E-state index contributed by atoms with van der Waals surface area (Å²) in [5, 5.41) is 37.0. The summed E-state index contributed by atoms with van der Waals surface area (Å²) >= 11 is 0. The molecular weight excluding hydrogens is 442 g/mol. The van der Waals surface area contributed by atoms with Crippen LogP contribution in [0.2, 0.25) is 0 Å². The fourth-order valence-electron chi connectivity index (χ4n) is 4.17. The number of aromatic hydroxyl groups is 1. The minimum absolute atomic E-state index is 0.00216. The number of carbonyl (C=O) groups excluding carboxylic acids is 1. The van der Waals surface area contributed by atoms with E-state index in [0.717, 1.165) is 16.5 Å². The molecule has 0 unspecified atom stereocenters. The molecule has 4 rings (SSSR count). The van der Waals surface area contributed by atoms with E-state index in [9.17, 15) is 20.1 Å². The van der Waals surface area contributed by atoms with Crippen LogP contribution in [0.4, 0.5) is 0 Å². The summed E-state index contributed by atoms with van der Waals surface area (Å²) in [7, 11) is 0. The number of amides is 1. The van der Waals surface area contributed by atoms with Gasteiger partial charge in [-0.2, -0.15) is 0 Å². The maximum atomic E-state index is 13.1. The van der Waals surface area contributed by atoms with Gasteiger partial charge in [-0.05, 0) is 42.3 Å². The van der Waals surface area contributed by atoms with Gasteiger partial charge in [0, 0.05) is 42.1 Å². The Balaban J connectivity index is 1.45. The van der Waals surface area contributed by atoms with E-state index >= 15 is 0 Å². The SMILES string of the molecule is C[C@H](Cn1c(C(=O)NCc2ccccc2)cc2ccccc21)NC[C@H](O)c1ccc(O)c(CO)c1. The van der Waals surface area contributed by atoms with E-state index < -0.39 is 6.10 Å². The number of hydrogen-bond donors (Lipinski definition) is 5. The smallest absolute Gasteiger partial charge is 0.268 e. The van der Waals surface area contributed by atoms with E-state index in [0.29, 0.717) is 29.9 Å². The van der Waals surface area contributed by atoms with Crippen LogP contribution < -0.4 is 10.6 Å². The molecule has 0 bridgehead atoms. The van der Waals surface area contributed by atoms with E-state index in [1.165, 1.54) is 6.07 Å². The lowest BCUT2D eigenvalue weighted by Crippen LogP contribution is -2.35. The Labute approximate surface area is 204 Å². The average Bonchev–Trinajstić information content (AvgIpc) is 3.25. The quantitative estimate of drug-likeness (QED) is 0.242. The maximum absolute atomic E-state index is 13.1. The maximum Gasteiger partial charge on any atom is 0.268 e. The molecule has 0 aliphatic rings. The van der Waals surface area contributed by atoms with Crippen molar-refractivity contribution >= 4 is 16.8 Å². The number of fused-ring (bicyclic) bond motifs is 1. The molecule has 0 saturated carbocycles. The van der Waals surface area contributed by atoms with Gasteiger partial charge in [0.25, 0.3) is 5.91 Å². The third kappa shape index (κ3) is 5.89. The molecule has 35 heavy (non-hydrogen) atoms. The highest BCUT2D eigenvalue weighted by atomic mass is 16.3. The van der Waals surface area contributed by atoms with Crippen LogP contribution in [0.1, 0.15) is 40.2 Å². The van der Waals surface area contributed by atoms with Gasteiger partial charge in [0.15, 0.2) is 0 Å². The summed E-state index contributed by atoms with van der Waals surface area (Å²) in [6.07, 6.45) is -0.807. The fraction of sp³-hybridized carbons (Fsp3) is 0.250. The molecule has 2 atom stereocenters. The lowest BCUT2D eigenvalue weighted by Gasteiger charge is -2.20. The van der Waals surface area contributed by atoms with E-state index in [1.54, 1.807) is 12.1 Å². The predicted molar refractivity (Wildman–Crippen MR) is 136 cm³/mol. The zero-order valence-corrected chi connectivity index (χ0v) is 19.7. The first-order valence-corrected chi connectivity index (χ1v) is 11.7. The molecule has 7 heteroatoms. The summed E-state index contributed by atoms with van der Waals surface area (Å²) in [6, 6.07) is 24.3. The van der Waals surface area contributed by atoms with Gasteiger partial charge in [-0.25, -0.2) is 0 Å². The van der Waals surface area contributed by atoms with E-state index in [-0.39, 0.29) is 30.9 Å². The molecule has 0 fully saturated rings. The number of para-hydroxylation sites is 1. The molecule has 5 N–H and O–H groups in total. The number of benzene rings is 3. The summed E-state index contributed by atoms with van der Waals surface area (Å²) < 4.78 is 2.00. The van der Waals surface area contributed by atoms with Crippen LogP contribution in [-0.2, 0) is 19.7 Å². The molecule has 0 radical (unpaired) electrons. The molecule has 4 aromatic rings. The molecule has 0 aliphatic carbocycles. The Hall–Kier alpha value is -3.65. The van der Waals surface area contributed by atoms with Gasteiger partial charge in [-0.3, -0.25) is 4.79 Å². The van der Waals surface area contributed by atoms with E-state index in [2.05, 4.69) is 10.6 Å².